The first-order chi connectivity index (χ1) is 10.8. The van der Waals surface area contributed by atoms with E-state index in [1.54, 1.807) is 0 Å². The number of nitrogens with one attached hydrogen (secondary N) is 1. The minimum absolute atomic E-state index is 0.306. The molecular formula is C19H17NO2. The second kappa shape index (κ2) is 6.31. The number of carbonyl (C=O) groups is 1. The highest BCUT2D eigenvalue weighted by Crippen LogP contribution is 2.24. The van der Waals surface area contributed by atoms with Crippen LogP contribution in [-0.4, -0.2) is 13.1 Å². The van der Waals surface area contributed by atoms with Gasteiger partial charge in [0.05, 0.1) is 7.11 Å². The van der Waals surface area contributed by atoms with Crippen LogP contribution in [-0.2, 0) is 9.53 Å². The van der Waals surface area contributed by atoms with Crippen LogP contribution in [0.15, 0.2) is 72.8 Å². The van der Waals surface area contributed by atoms with Crippen molar-refractivity contribution < 1.29 is 9.53 Å². The Kier molecular flexibility index (Phi) is 4.05. The van der Waals surface area contributed by atoms with Crippen molar-refractivity contribution in [3.8, 4) is 0 Å². The molecule has 0 radical (unpaired) electrons. The van der Waals surface area contributed by atoms with E-state index in [9.17, 15) is 4.79 Å². The van der Waals surface area contributed by atoms with Gasteiger partial charge in [0.2, 0.25) is 0 Å². The molecule has 0 heterocycles. The molecule has 0 aliphatic rings. The third-order valence-electron chi connectivity index (χ3n) is 3.63. The molecule has 3 heteroatoms. The van der Waals surface area contributed by atoms with Gasteiger partial charge in [-0.05, 0) is 28.5 Å². The molecule has 3 aromatic rings. The quantitative estimate of drug-likeness (QED) is 0.733. The molecule has 110 valence electrons. The lowest BCUT2D eigenvalue weighted by Crippen LogP contribution is -2.22. The summed E-state index contributed by atoms with van der Waals surface area (Å²) in [5, 5.41) is 5.56. The van der Waals surface area contributed by atoms with Gasteiger partial charge in [0, 0.05) is 5.69 Å². The van der Waals surface area contributed by atoms with Crippen molar-refractivity contribution in [2.24, 2.45) is 0 Å². The Bertz CT molecular complexity index is 784. The number of ether oxygens (including phenoxy) is 1. The molecule has 3 nitrogen and oxygen atoms in total. The molecule has 0 aromatic heterocycles. The van der Waals surface area contributed by atoms with Gasteiger partial charge in [0.15, 0.2) is 6.04 Å². The Morgan fingerprint density at radius 2 is 1.59 bits per heavy atom. The van der Waals surface area contributed by atoms with Crippen molar-refractivity contribution in [1.82, 2.24) is 0 Å². The SMILES string of the molecule is COC(=O)C(Nc1ccc2ccccc2c1)c1ccccc1. The Balaban J connectivity index is 1.93. The molecule has 1 atom stereocenters. The summed E-state index contributed by atoms with van der Waals surface area (Å²) < 4.78 is 4.93. The zero-order chi connectivity index (χ0) is 15.4. The summed E-state index contributed by atoms with van der Waals surface area (Å²) in [4.78, 5) is 12.1. The van der Waals surface area contributed by atoms with E-state index in [4.69, 9.17) is 4.74 Å². The third kappa shape index (κ3) is 2.93. The van der Waals surface area contributed by atoms with E-state index in [0.29, 0.717) is 0 Å². The Hall–Kier alpha value is -2.81. The predicted molar refractivity (Wildman–Crippen MR) is 88.8 cm³/mol. The molecule has 0 aliphatic carbocycles. The van der Waals surface area contributed by atoms with Crippen LogP contribution in [0.4, 0.5) is 5.69 Å². The third-order valence-corrected chi connectivity index (χ3v) is 3.63. The van der Waals surface area contributed by atoms with Gasteiger partial charge >= 0.3 is 5.97 Å². The van der Waals surface area contributed by atoms with Gasteiger partial charge in [-0.1, -0.05) is 60.7 Å². The zero-order valence-corrected chi connectivity index (χ0v) is 12.3. The Labute approximate surface area is 129 Å². The molecule has 0 amide bonds. The van der Waals surface area contributed by atoms with E-state index in [-0.39, 0.29) is 5.97 Å². The van der Waals surface area contributed by atoms with E-state index in [1.165, 1.54) is 12.5 Å². The lowest BCUT2D eigenvalue weighted by molar-refractivity contribution is -0.141. The van der Waals surface area contributed by atoms with Gasteiger partial charge in [-0.25, -0.2) is 4.79 Å². The fourth-order valence-corrected chi connectivity index (χ4v) is 2.49. The summed E-state index contributed by atoms with van der Waals surface area (Å²) >= 11 is 0. The van der Waals surface area contributed by atoms with Gasteiger partial charge < -0.3 is 10.1 Å². The standard InChI is InChI=1S/C19H17NO2/c1-22-19(21)18(15-8-3-2-4-9-15)20-17-12-11-14-7-5-6-10-16(14)13-17/h2-13,18,20H,1H3. The van der Waals surface area contributed by atoms with Crippen molar-refractivity contribution in [2.75, 3.05) is 12.4 Å². The van der Waals surface area contributed by atoms with Gasteiger partial charge in [-0.15, -0.1) is 0 Å². The van der Waals surface area contributed by atoms with Crippen molar-refractivity contribution in [3.63, 3.8) is 0 Å². The maximum Gasteiger partial charge on any atom is 0.332 e. The van der Waals surface area contributed by atoms with Gasteiger partial charge in [-0.2, -0.15) is 0 Å². The summed E-state index contributed by atoms with van der Waals surface area (Å²) in [6.07, 6.45) is 0. The molecule has 0 aliphatic heterocycles. The van der Waals surface area contributed by atoms with E-state index in [1.807, 2.05) is 60.7 Å². The first-order valence-corrected chi connectivity index (χ1v) is 7.16. The largest absolute Gasteiger partial charge is 0.467 e. The topological polar surface area (TPSA) is 38.3 Å². The number of anilines is 1. The number of methoxy groups -OCH3 is 1. The molecule has 0 saturated heterocycles. The first-order valence-electron chi connectivity index (χ1n) is 7.16. The molecule has 3 rings (SSSR count). The smallest absolute Gasteiger partial charge is 0.332 e. The number of benzene rings is 3. The number of carbonyl (C=O) groups excluding carboxylic acids is 1. The van der Waals surface area contributed by atoms with Crippen molar-refractivity contribution in [3.05, 3.63) is 78.4 Å². The summed E-state index contributed by atoms with van der Waals surface area (Å²) in [7, 11) is 1.40. The van der Waals surface area contributed by atoms with E-state index < -0.39 is 6.04 Å². The molecule has 0 bridgehead atoms. The van der Waals surface area contributed by atoms with Crippen LogP contribution >= 0.6 is 0 Å². The Morgan fingerprint density at radius 3 is 2.32 bits per heavy atom. The fraction of sp³-hybridized carbons (Fsp3) is 0.105. The molecule has 0 saturated carbocycles. The second-order valence-corrected chi connectivity index (χ2v) is 5.07. The predicted octanol–water partition coefficient (Wildman–Crippen LogP) is 4.17. The lowest BCUT2D eigenvalue weighted by Gasteiger charge is -2.18. The monoisotopic (exact) mass is 291 g/mol. The molecule has 0 spiro atoms. The van der Waals surface area contributed by atoms with Crippen LogP contribution in [0.1, 0.15) is 11.6 Å². The minimum Gasteiger partial charge on any atom is -0.467 e. The number of fused-ring (bicyclic) bond motifs is 1. The highest BCUT2D eigenvalue weighted by molar-refractivity contribution is 5.87. The number of hydrogen-bond acceptors (Lipinski definition) is 3. The summed E-state index contributed by atoms with van der Waals surface area (Å²) in [6, 6.07) is 23.2. The average molecular weight is 291 g/mol. The molecule has 1 N–H and O–H groups in total. The molecule has 22 heavy (non-hydrogen) atoms. The highest BCUT2D eigenvalue weighted by atomic mass is 16.5. The van der Waals surface area contributed by atoms with E-state index in [0.717, 1.165) is 16.6 Å². The van der Waals surface area contributed by atoms with E-state index in [2.05, 4.69) is 17.4 Å². The van der Waals surface area contributed by atoms with E-state index >= 15 is 0 Å². The van der Waals surface area contributed by atoms with Crippen molar-refractivity contribution in [2.45, 2.75) is 6.04 Å². The highest BCUT2D eigenvalue weighted by Gasteiger charge is 2.20. The van der Waals surface area contributed by atoms with Crippen LogP contribution in [0.5, 0.6) is 0 Å². The molecule has 3 aromatic carbocycles. The van der Waals surface area contributed by atoms with Crippen LogP contribution in [0, 0.1) is 0 Å². The van der Waals surface area contributed by atoms with Gasteiger partial charge in [0.1, 0.15) is 0 Å². The van der Waals surface area contributed by atoms with Crippen LogP contribution < -0.4 is 5.32 Å². The normalized spacial score (nSPS) is 11.9. The summed E-state index contributed by atoms with van der Waals surface area (Å²) in [6.45, 7) is 0. The van der Waals surface area contributed by atoms with Crippen molar-refractivity contribution in [1.29, 1.82) is 0 Å². The maximum atomic E-state index is 12.1. The molecule has 1 unspecified atom stereocenters. The summed E-state index contributed by atoms with van der Waals surface area (Å²) in [5.74, 6) is -0.306. The van der Waals surface area contributed by atoms with Gasteiger partial charge in [0.25, 0.3) is 0 Å². The molecule has 0 fully saturated rings. The maximum absolute atomic E-state index is 12.1. The summed E-state index contributed by atoms with van der Waals surface area (Å²) in [5.41, 5.74) is 1.76. The van der Waals surface area contributed by atoms with Crippen LogP contribution in [0.25, 0.3) is 10.8 Å². The fourth-order valence-electron chi connectivity index (χ4n) is 2.49. The minimum atomic E-state index is -0.521. The zero-order valence-electron chi connectivity index (χ0n) is 12.3. The lowest BCUT2D eigenvalue weighted by atomic mass is 10.1. The van der Waals surface area contributed by atoms with Crippen LogP contribution in [0.2, 0.25) is 0 Å². The Morgan fingerprint density at radius 1 is 0.909 bits per heavy atom. The molecular weight excluding hydrogens is 274 g/mol. The number of esters is 1. The first kappa shape index (κ1) is 14.1. The van der Waals surface area contributed by atoms with Gasteiger partial charge in [-0.3, -0.25) is 0 Å². The van der Waals surface area contributed by atoms with Crippen LogP contribution in [0.3, 0.4) is 0 Å². The van der Waals surface area contributed by atoms with Crippen molar-refractivity contribution >= 4 is 22.4 Å². The average Bonchev–Trinajstić information content (AvgIpc) is 2.59. The number of rotatable bonds is 4. The second-order valence-electron chi connectivity index (χ2n) is 5.07. The number of hydrogen-bond donors (Lipinski definition) is 1.